The van der Waals surface area contributed by atoms with Gasteiger partial charge in [0.25, 0.3) is 0 Å². The Hall–Kier alpha value is -2.61. The van der Waals surface area contributed by atoms with E-state index in [0.717, 1.165) is 24.1 Å². The molecule has 2 N–H and O–H groups in total. The minimum Gasteiger partial charge on any atom is -0.332 e. The van der Waals surface area contributed by atoms with Crippen molar-refractivity contribution >= 4 is 11.5 Å². The predicted molar refractivity (Wildman–Crippen MR) is 81.9 cm³/mol. The summed E-state index contributed by atoms with van der Waals surface area (Å²) in [6.07, 6.45) is 7.09. The van der Waals surface area contributed by atoms with Crippen molar-refractivity contribution in [3.63, 3.8) is 0 Å². The van der Waals surface area contributed by atoms with E-state index < -0.39 is 0 Å². The molecule has 1 aromatic heterocycles. The summed E-state index contributed by atoms with van der Waals surface area (Å²) in [4.78, 5) is 8.89. The fourth-order valence-corrected chi connectivity index (χ4v) is 2.28. The summed E-state index contributed by atoms with van der Waals surface area (Å²) >= 11 is 0. The van der Waals surface area contributed by atoms with Crippen LogP contribution in [0.5, 0.6) is 0 Å². The molecule has 1 saturated carbocycles. The summed E-state index contributed by atoms with van der Waals surface area (Å²) in [6.45, 7) is 1.95. The minimum atomic E-state index is 0.397. The van der Waals surface area contributed by atoms with Gasteiger partial charge in [0, 0.05) is 12.4 Å². The number of allylic oxidation sites excluding steroid dienone is 2. The first-order chi connectivity index (χ1) is 10.3. The molecule has 2 heterocycles. The lowest BCUT2D eigenvalue weighted by Gasteiger charge is -2.26. The molecule has 2 aliphatic rings. The van der Waals surface area contributed by atoms with E-state index in [2.05, 4.69) is 26.7 Å². The third kappa shape index (κ3) is 2.79. The van der Waals surface area contributed by atoms with Crippen LogP contribution in [0.4, 0.5) is 0 Å². The first-order valence-corrected chi connectivity index (χ1v) is 7.12. The van der Waals surface area contributed by atoms with Gasteiger partial charge in [0.15, 0.2) is 5.96 Å². The Bertz CT molecular complexity index is 660. The maximum atomic E-state index is 9.50. The van der Waals surface area contributed by atoms with Crippen LogP contribution in [0, 0.1) is 11.3 Å². The van der Waals surface area contributed by atoms with Gasteiger partial charge in [-0.1, -0.05) is 6.07 Å². The van der Waals surface area contributed by atoms with E-state index in [1.165, 1.54) is 6.42 Å². The van der Waals surface area contributed by atoms with Crippen LogP contribution in [0.25, 0.3) is 5.57 Å². The summed E-state index contributed by atoms with van der Waals surface area (Å²) in [5.74, 6) is 0.712. The molecular formula is C16H17N5. The van der Waals surface area contributed by atoms with E-state index in [1.807, 2.05) is 31.3 Å². The molecule has 5 nitrogen and oxygen atoms in total. The molecule has 1 aromatic rings. The lowest BCUT2D eigenvalue weighted by atomic mass is 9.94. The standard InChI is InChI=1S/C16H17N5/c1-11-10-19-16(20-12-5-4-6-12)21-15(11)13(9-17)14-7-2-3-8-18-14/h2-3,7-8,10,12H,4-6H2,1H3,(H2,19,20,21)/b15-13+. The largest absolute Gasteiger partial charge is 0.332 e. The lowest BCUT2D eigenvalue weighted by Crippen LogP contribution is -2.40. The normalized spacial score (nSPS) is 22.5. The number of nitrogens with one attached hydrogen (secondary N) is 2. The van der Waals surface area contributed by atoms with Gasteiger partial charge >= 0.3 is 0 Å². The number of nitrogens with zero attached hydrogens (tertiary/aromatic N) is 3. The molecule has 3 rings (SSSR count). The van der Waals surface area contributed by atoms with Crippen molar-refractivity contribution in [2.24, 2.45) is 4.99 Å². The van der Waals surface area contributed by atoms with Crippen molar-refractivity contribution in [3.8, 4) is 6.07 Å². The molecule has 0 aromatic carbocycles. The summed E-state index contributed by atoms with van der Waals surface area (Å²) in [7, 11) is 0. The second-order valence-corrected chi connectivity index (χ2v) is 5.24. The van der Waals surface area contributed by atoms with Gasteiger partial charge in [-0.3, -0.25) is 4.98 Å². The van der Waals surface area contributed by atoms with Crippen LogP contribution < -0.4 is 10.6 Å². The van der Waals surface area contributed by atoms with Crippen LogP contribution in [-0.4, -0.2) is 17.0 Å². The van der Waals surface area contributed by atoms with E-state index in [0.29, 0.717) is 23.3 Å². The molecule has 1 aliphatic heterocycles. The summed E-state index contributed by atoms with van der Waals surface area (Å²) in [5.41, 5.74) is 2.94. The highest BCUT2D eigenvalue weighted by atomic mass is 15.2. The summed E-state index contributed by atoms with van der Waals surface area (Å²) in [6, 6.07) is 8.20. The maximum absolute atomic E-state index is 9.50. The van der Waals surface area contributed by atoms with Crippen molar-refractivity contribution in [1.82, 2.24) is 15.6 Å². The average molecular weight is 279 g/mol. The first-order valence-electron chi connectivity index (χ1n) is 7.12. The number of aromatic nitrogens is 1. The summed E-state index contributed by atoms with van der Waals surface area (Å²) < 4.78 is 0. The van der Waals surface area contributed by atoms with Crippen LogP contribution in [0.1, 0.15) is 31.9 Å². The maximum Gasteiger partial charge on any atom is 0.200 e. The molecule has 0 bridgehead atoms. The van der Waals surface area contributed by atoms with Crippen LogP contribution >= 0.6 is 0 Å². The Kier molecular flexibility index (Phi) is 3.69. The molecule has 0 amide bonds. The first kappa shape index (κ1) is 13.4. The highest BCUT2D eigenvalue weighted by Gasteiger charge is 2.21. The van der Waals surface area contributed by atoms with Gasteiger partial charge in [-0.15, -0.1) is 0 Å². The molecule has 0 atom stereocenters. The molecule has 106 valence electrons. The van der Waals surface area contributed by atoms with Gasteiger partial charge in [0.05, 0.1) is 17.4 Å². The Morgan fingerprint density at radius 2 is 2.29 bits per heavy atom. The molecule has 5 heteroatoms. The third-order valence-electron chi connectivity index (χ3n) is 3.73. The molecule has 1 aliphatic carbocycles. The molecule has 21 heavy (non-hydrogen) atoms. The van der Waals surface area contributed by atoms with Crippen LogP contribution in [0.15, 0.2) is 46.9 Å². The van der Waals surface area contributed by atoms with Gasteiger partial charge in [0.1, 0.15) is 11.6 Å². The van der Waals surface area contributed by atoms with Crippen LogP contribution in [0.2, 0.25) is 0 Å². The Balaban J connectivity index is 1.96. The van der Waals surface area contributed by atoms with E-state index in [1.54, 1.807) is 6.20 Å². The van der Waals surface area contributed by atoms with Gasteiger partial charge in [0.2, 0.25) is 0 Å². The summed E-state index contributed by atoms with van der Waals surface area (Å²) in [5, 5.41) is 15.9. The molecule has 0 radical (unpaired) electrons. The van der Waals surface area contributed by atoms with E-state index >= 15 is 0 Å². The second kappa shape index (κ2) is 5.80. The highest BCUT2D eigenvalue weighted by molar-refractivity contribution is 5.90. The zero-order valence-electron chi connectivity index (χ0n) is 11.9. The van der Waals surface area contributed by atoms with Crippen molar-refractivity contribution in [2.45, 2.75) is 32.2 Å². The fraction of sp³-hybridized carbons (Fsp3) is 0.312. The molecule has 0 unspecified atom stereocenters. The van der Waals surface area contributed by atoms with Crippen molar-refractivity contribution in [3.05, 3.63) is 47.6 Å². The SMILES string of the molecule is CC1=CNC(=NC2CCC2)N/C1=C(\C#N)c1ccccn1. The number of hydrogen-bond acceptors (Lipinski definition) is 3. The van der Waals surface area contributed by atoms with Gasteiger partial charge in [-0.05, 0) is 43.9 Å². The number of aliphatic imine (C=N–C) groups is 1. The highest BCUT2D eigenvalue weighted by Crippen LogP contribution is 2.24. The van der Waals surface area contributed by atoms with Gasteiger partial charge in [-0.2, -0.15) is 5.26 Å². The molecule has 0 saturated heterocycles. The van der Waals surface area contributed by atoms with E-state index in [-0.39, 0.29) is 0 Å². The molecule has 0 spiro atoms. The molecule has 1 fully saturated rings. The number of hydrogen-bond donors (Lipinski definition) is 2. The number of pyridine rings is 1. The Morgan fingerprint density at radius 3 is 2.90 bits per heavy atom. The van der Waals surface area contributed by atoms with Crippen molar-refractivity contribution in [1.29, 1.82) is 5.26 Å². The fourth-order valence-electron chi connectivity index (χ4n) is 2.28. The predicted octanol–water partition coefficient (Wildman–Crippen LogP) is 2.32. The molecular weight excluding hydrogens is 262 g/mol. The topological polar surface area (TPSA) is 73.1 Å². The second-order valence-electron chi connectivity index (χ2n) is 5.24. The average Bonchev–Trinajstić information content (AvgIpc) is 2.48. The van der Waals surface area contributed by atoms with Crippen LogP contribution in [0.3, 0.4) is 0 Å². The van der Waals surface area contributed by atoms with Gasteiger partial charge in [-0.25, -0.2) is 4.99 Å². The zero-order valence-corrected chi connectivity index (χ0v) is 11.9. The smallest absolute Gasteiger partial charge is 0.200 e. The number of guanidine groups is 1. The minimum absolute atomic E-state index is 0.397. The van der Waals surface area contributed by atoms with Crippen molar-refractivity contribution in [2.75, 3.05) is 0 Å². The van der Waals surface area contributed by atoms with Gasteiger partial charge < -0.3 is 10.6 Å². The number of rotatable bonds is 2. The monoisotopic (exact) mass is 279 g/mol. The third-order valence-corrected chi connectivity index (χ3v) is 3.73. The van der Waals surface area contributed by atoms with Crippen molar-refractivity contribution < 1.29 is 0 Å². The zero-order chi connectivity index (χ0) is 14.7. The van der Waals surface area contributed by atoms with E-state index in [9.17, 15) is 5.26 Å². The van der Waals surface area contributed by atoms with Crippen LogP contribution in [-0.2, 0) is 0 Å². The Morgan fingerprint density at radius 1 is 1.43 bits per heavy atom. The Labute approximate surface area is 124 Å². The number of nitriles is 1. The lowest BCUT2D eigenvalue weighted by molar-refractivity contribution is 0.418. The van der Waals surface area contributed by atoms with E-state index in [4.69, 9.17) is 0 Å². The quantitative estimate of drug-likeness (QED) is 0.815.